The van der Waals surface area contributed by atoms with E-state index in [-0.39, 0.29) is 18.2 Å². The maximum absolute atomic E-state index is 12.6. The van der Waals surface area contributed by atoms with Gasteiger partial charge in [0.2, 0.25) is 0 Å². The van der Waals surface area contributed by atoms with Gasteiger partial charge in [0.05, 0.1) is 21.8 Å². The van der Waals surface area contributed by atoms with Crippen molar-refractivity contribution in [2.45, 2.75) is 32.8 Å². The van der Waals surface area contributed by atoms with Crippen molar-refractivity contribution < 1.29 is 19.4 Å². The number of hydrogen-bond donors (Lipinski definition) is 3. The zero-order valence-corrected chi connectivity index (χ0v) is 19.2. The van der Waals surface area contributed by atoms with Crippen LogP contribution in [0.5, 0.6) is 5.75 Å². The monoisotopic (exact) mass is 466 g/mol. The molecule has 33 heavy (non-hydrogen) atoms. The van der Waals surface area contributed by atoms with Crippen LogP contribution in [0.25, 0.3) is 0 Å². The average Bonchev–Trinajstić information content (AvgIpc) is 3.26. The number of amides is 2. The number of carbonyl (C=O) groups excluding carboxylic acids is 1. The van der Waals surface area contributed by atoms with Gasteiger partial charge in [-0.3, -0.25) is 5.32 Å². The highest BCUT2D eigenvalue weighted by molar-refractivity contribution is 7.15. The largest absolute Gasteiger partial charge is 0.488 e. The van der Waals surface area contributed by atoms with E-state index in [1.54, 1.807) is 18.3 Å². The molecule has 0 bridgehead atoms. The second-order valence-corrected chi connectivity index (χ2v) is 9.01. The Bertz CT molecular complexity index is 1120. The van der Waals surface area contributed by atoms with Gasteiger partial charge in [0, 0.05) is 19.3 Å². The fourth-order valence-electron chi connectivity index (χ4n) is 3.67. The number of aryl methyl sites for hydroxylation is 1. The summed E-state index contributed by atoms with van der Waals surface area (Å²) in [5.41, 5.74) is 3.19. The minimum absolute atomic E-state index is 0.203. The van der Waals surface area contributed by atoms with Crippen molar-refractivity contribution in [2.75, 3.05) is 28.6 Å². The highest BCUT2D eigenvalue weighted by Gasteiger charge is 2.17. The van der Waals surface area contributed by atoms with E-state index in [0.717, 1.165) is 47.7 Å². The Balaban J connectivity index is 1.34. The maximum Gasteiger partial charge on any atom is 0.335 e. The van der Waals surface area contributed by atoms with Gasteiger partial charge >= 0.3 is 12.0 Å². The van der Waals surface area contributed by atoms with Crippen molar-refractivity contribution in [3.63, 3.8) is 0 Å². The Kier molecular flexibility index (Phi) is 7.09. The molecule has 9 heteroatoms. The van der Waals surface area contributed by atoms with Crippen LogP contribution in [0.4, 0.5) is 21.3 Å². The number of aromatic nitrogens is 1. The van der Waals surface area contributed by atoms with Gasteiger partial charge in [-0.05, 0) is 68.1 Å². The zero-order valence-electron chi connectivity index (χ0n) is 18.3. The van der Waals surface area contributed by atoms with Crippen LogP contribution in [0.3, 0.4) is 0 Å². The molecule has 172 valence electrons. The van der Waals surface area contributed by atoms with Crippen molar-refractivity contribution in [1.29, 1.82) is 0 Å². The third kappa shape index (κ3) is 6.01. The number of rotatable bonds is 7. The molecule has 0 spiro atoms. The molecule has 8 nitrogen and oxygen atoms in total. The van der Waals surface area contributed by atoms with E-state index in [0.29, 0.717) is 10.9 Å². The number of urea groups is 1. The predicted octanol–water partition coefficient (Wildman–Crippen LogP) is 5.36. The number of nitrogens with one attached hydrogen (secondary N) is 2. The number of hydrogen-bond acceptors (Lipinski definition) is 6. The lowest BCUT2D eigenvalue weighted by molar-refractivity contribution is 0.0697. The van der Waals surface area contributed by atoms with Crippen LogP contribution in [0.15, 0.2) is 48.7 Å². The molecule has 0 radical (unpaired) electrons. The molecule has 0 aliphatic carbocycles. The van der Waals surface area contributed by atoms with Gasteiger partial charge < -0.3 is 20.1 Å². The number of carboxylic acids is 1. The summed E-state index contributed by atoms with van der Waals surface area (Å²) >= 11 is 1.32. The van der Waals surface area contributed by atoms with Gasteiger partial charge in [-0.25, -0.2) is 14.6 Å². The highest BCUT2D eigenvalue weighted by Crippen LogP contribution is 2.30. The first-order valence-corrected chi connectivity index (χ1v) is 11.6. The minimum Gasteiger partial charge on any atom is -0.488 e. The highest BCUT2D eigenvalue weighted by atomic mass is 32.1. The summed E-state index contributed by atoms with van der Waals surface area (Å²) < 4.78 is 5.68. The third-order valence-electron chi connectivity index (χ3n) is 5.35. The predicted molar refractivity (Wildman–Crippen MR) is 130 cm³/mol. The number of thiazole rings is 1. The molecule has 0 atom stereocenters. The summed E-state index contributed by atoms with van der Waals surface area (Å²) in [6.45, 7) is 4.31. The number of aromatic carboxylic acids is 1. The van der Waals surface area contributed by atoms with E-state index in [4.69, 9.17) is 9.84 Å². The Morgan fingerprint density at radius 3 is 2.58 bits per heavy atom. The molecule has 3 aromatic rings. The van der Waals surface area contributed by atoms with Crippen molar-refractivity contribution in [3.05, 3.63) is 64.7 Å². The van der Waals surface area contributed by atoms with Gasteiger partial charge in [-0.2, -0.15) is 0 Å². The maximum atomic E-state index is 12.6. The van der Waals surface area contributed by atoms with Crippen LogP contribution in [0, 0.1) is 6.92 Å². The second kappa shape index (κ2) is 10.4. The van der Waals surface area contributed by atoms with E-state index in [1.807, 2.05) is 12.1 Å². The van der Waals surface area contributed by atoms with E-state index < -0.39 is 5.97 Å². The number of anilines is 3. The first kappa shape index (κ1) is 22.6. The molecule has 1 aliphatic rings. The number of nitrogens with zero attached hydrogens (tertiary/aromatic N) is 2. The second-order valence-electron chi connectivity index (χ2n) is 7.90. The van der Waals surface area contributed by atoms with Gasteiger partial charge in [-0.1, -0.05) is 17.4 Å². The van der Waals surface area contributed by atoms with Crippen LogP contribution < -0.4 is 20.3 Å². The molecule has 2 aromatic carbocycles. The Labute approximate surface area is 196 Å². The van der Waals surface area contributed by atoms with Crippen molar-refractivity contribution in [3.8, 4) is 5.75 Å². The molecular weight excluding hydrogens is 440 g/mol. The molecule has 3 N–H and O–H groups in total. The van der Waals surface area contributed by atoms with Crippen LogP contribution in [-0.4, -0.2) is 35.2 Å². The molecule has 1 saturated heterocycles. The van der Waals surface area contributed by atoms with Gasteiger partial charge in [0.25, 0.3) is 0 Å². The molecule has 0 unspecified atom stereocenters. The lowest BCUT2D eigenvalue weighted by atomic mass is 10.1. The SMILES string of the molecule is Cc1ccc(NC(=O)Nc2ncc(COc3ccc(C(=O)O)cc3)s2)c(N2CCCCC2)c1. The van der Waals surface area contributed by atoms with E-state index in [1.165, 1.54) is 29.9 Å². The van der Waals surface area contributed by atoms with Crippen LogP contribution >= 0.6 is 11.3 Å². The molecule has 1 fully saturated rings. The smallest absolute Gasteiger partial charge is 0.335 e. The fourth-order valence-corrected chi connectivity index (χ4v) is 4.40. The molecule has 4 rings (SSSR count). The summed E-state index contributed by atoms with van der Waals surface area (Å²) in [4.78, 5) is 31.0. The Hall–Kier alpha value is -3.59. The lowest BCUT2D eigenvalue weighted by Crippen LogP contribution is -2.31. The summed E-state index contributed by atoms with van der Waals surface area (Å²) in [6.07, 6.45) is 5.22. The number of carbonyl (C=O) groups is 2. The fraction of sp³-hybridized carbons (Fsp3) is 0.292. The van der Waals surface area contributed by atoms with Crippen LogP contribution in [0.1, 0.15) is 40.1 Å². The number of ether oxygens (including phenoxy) is 1. The molecule has 1 aromatic heterocycles. The summed E-state index contributed by atoms with van der Waals surface area (Å²) in [7, 11) is 0. The quantitative estimate of drug-likeness (QED) is 0.433. The van der Waals surface area contributed by atoms with Gasteiger partial charge in [-0.15, -0.1) is 0 Å². The minimum atomic E-state index is -0.980. The molecule has 0 saturated carbocycles. The number of piperidine rings is 1. The first-order valence-electron chi connectivity index (χ1n) is 10.8. The molecule has 1 aliphatic heterocycles. The topological polar surface area (TPSA) is 104 Å². The molecular formula is C24H26N4O4S. The zero-order chi connectivity index (χ0) is 23.2. The molecule has 2 amide bonds. The normalized spacial score (nSPS) is 13.4. The summed E-state index contributed by atoms with van der Waals surface area (Å²) in [5, 5.41) is 15.2. The summed E-state index contributed by atoms with van der Waals surface area (Å²) in [5.74, 6) is -0.419. The van der Waals surface area contributed by atoms with Crippen molar-refractivity contribution in [1.82, 2.24) is 4.98 Å². The average molecular weight is 467 g/mol. The standard InChI is InChI=1S/C24H26N4O4S/c1-16-5-10-20(21(13-16)28-11-3-2-4-12-28)26-23(31)27-24-25-14-19(33-24)15-32-18-8-6-17(7-9-18)22(29)30/h5-10,13-14H,2-4,11-12,15H2,1H3,(H,29,30)(H2,25,26,27,31). The lowest BCUT2D eigenvalue weighted by Gasteiger charge is -2.30. The van der Waals surface area contributed by atoms with Crippen LogP contribution in [-0.2, 0) is 6.61 Å². The van der Waals surface area contributed by atoms with E-state index >= 15 is 0 Å². The Morgan fingerprint density at radius 2 is 1.85 bits per heavy atom. The van der Waals surface area contributed by atoms with Crippen LogP contribution in [0.2, 0.25) is 0 Å². The Morgan fingerprint density at radius 1 is 1.09 bits per heavy atom. The third-order valence-corrected chi connectivity index (χ3v) is 6.24. The molecule has 2 heterocycles. The van der Waals surface area contributed by atoms with Crippen molar-refractivity contribution >= 4 is 39.8 Å². The van der Waals surface area contributed by atoms with E-state index in [9.17, 15) is 9.59 Å². The number of benzene rings is 2. The van der Waals surface area contributed by atoms with Gasteiger partial charge in [0.1, 0.15) is 12.4 Å². The first-order chi connectivity index (χ1) is 16.0. The van der Waals surface area contributed by atoms with E-state index in [2.05, 4.69) is 33.5 Å². The van der Waals surface area contributed by atoms with Gasteiger partial charge in [0.15, 0.2) is 5.13 Å². The summed E-state index contributed by atoms with van der Waals surface area (Å²) in [6, 6.07) is 11.9. The van der Waals surface area contributed by atoms with Crippen molar-refractivity contribution in [2.24, 2.45) is 0 Å². The number of carboxylic acid groups (broad SMARTS) is 1.